The topological polar surface area (TPSA) is 37.0 Å². The molecule has 0 saturated heterocycles. The molecule has 2 N–H and O–H groups in total. The highest BCUT2D eigenvalue weighted by molar-refractivity contribution is 5.84. The zero-order chi connectivity index (χ0) is 27.3. The molecule has 1 aromatic heterocycles. The van der Waals surface area contributed by atoms with E-state index in [1.807, 2.05) is 20.2 Å². The lowest BCUT2D eigenvalue weighted by Crippen LogP contribution is -1.94. The number of anilines is 2. The highest BCUT2D eigenvalue weighted by atomic mass is 14.8. The van der Waals surface area contributed by atoms with E-state index in [-0.39, 0.29) is 0 Å². The van der Waals surface area contributed by atoms with Crippen molar-refractivity contribution in [2.45, 2.75) is 0 Å². The molecular weight excluding hydrogens is 486 g/mol. The van der Waals surface area contributed by atoms with Crippen LogP contribution in [0, 0.1) is 0 Å². The summed E-state index contributed by atoms with van der Waals surface area (Å²) < 4.78 is 0. The van der Waals surface area contributed by atoms with Crippen LogP contribution in [0.3, 0.4) is 0 Å². The largest absolute Gasteiger partial charge is 0.388 e. The molecule has 5 aromatic carbocycles. The fraction of sp³-hybridized carbons (Fsp3) is 0.0541. The van der Waals surface area contributed by atoms with E-state index in [1.165, 1.54) is 5.56 Å². The standard InChI is InChI=1S/C37H31N3/c1-38-34-17-9-15-28(22-34)30-19-31(29-16-10-18-35(23-29)39-2)21-33(20-30)37-25-32(26-11-5-3-6-12-26)24-36(40-37)27-13-7-4-8-14-27/h3-25,38-39H,1-2H3. The van der Waals surface area contributed by atoms with E-state index in [1.54, 1.807) is 0 Å². The molecule has 6 rings (SSSR count). The van der Waals surface area contributed by atoms with E-state index in [0.717, 1.165) is 61.7 Å². The number of hydrogen-bond acceptors (Lipinski definition) is 3. The van der Waals surface area contributed by atoms with Gasteiger partial charge in [-0.1, -0.05) is 84.9 Å². The molecule has 1 heterocycles. The minimum Gasteiger partial charge on any atom is -0.388 e. The molecule has 0 aliphatic carbocycles. The number of benzene rings is 5. The van der Waals surface area contributed by atoms with E-state index in [0.29, 0.717) is 0 Å². The van der Waals surface area contributed by atoms with E-state index in [2.05, 4.69) is 144 Å². The van der Waals surface area contributed by atoms with Gasteiger partial charge >= 0.3 is 0 Å². The third-order valence-corrected chi connectivity index (χ3v) is 7.20. The first-order chi connectivity index (χ1) is 19.7. The van der Waals surface area contributed by atoms with E-state index in [4.69, 9.17) is 4.98 Å². The normalized spacial score (nSPS) is 10.8. The Labute approximate surface area is 236 Å². The smallest absolute Gasteiger partial charge is 0.0716 e. The summed E-state index contributed by atoms with van der Waals surface area (Å²) in [6.45, 7) is 0. The average Bonchev–Trinajstić information content (AvgIpc) is 3.05. The zero-order valence-electron chi connectivity index (χ0n) is 22.7. The van der Waals surface area contributed by atoms with Gasteiger partial charge in [-0.15, -0.1) is 0 Å². The lowest BCUT2D eigenvalue weighted by molar-refractivity contribution is 1.32. The Morgan fingerprint density at radius 2 is 0.775 bits per heavy atom. The first-order valence-corrected chi connectivity index (χ1v) is 13.5. The number of nitrogens with one attached hydrogen (secondary N) is 2. The molecule has 0 aliphatic rings. The van der Waals surface area contributed by atoms with Gasteiger partial charge in [-0.3, -0.25) is 0 Å². The molecule has 0 saturated carbocycles. The van der Waals surface area contributed by atoms with Gasteiger partial charge in [0, 0.05) is 36.6 Å². The van der Waals surface area contributed by atoms with Gasteiger partial charge in [0.1, 0.15) is 0 Å². The van der Waals surface area contributed by atoms with Gasteiger partial charge in [0.2, 0.25) is 0 Å². The summed E-state index contributed by atoms with van der Waals surface area (Å²) in [6, 6.07) is 49.2. The number of aromatic nitrogens is 1. The molecule has 0 amide bonds. The maximum absolute atomic E-state index is 5.21. The Bertz CT molecular complexity index is 1630. The fourth-order valence-corrected chi connectivity index (χ4v) is 5.05. The number of nitrogens with zero attached hydrogens (tertiary/aromatic N) is 1. The Hall–Kier alpha value is -5.15. The molecule has 0 radical (unpaired) electrons. The molecule has 0 atom stereocenters. The van der Waals surface area contributed by atoms with Crippen LogP contribution < -0.4 is 10.6 Å². The van der Waals surface area contributed by atoms with Crippen LogP contribution in [0.2, 0.25) is 0 Å². The van der Waals surface area contributed by atoms with Crippen molar-refractivity contribution in [2.75, 3.05) is 24.7 Å². The van der Waals surface area contributed by atoms with Gasteiger partial charge in [0.05, 0.1) is 11.4 Å². The first-order valence-electron chi connectivity index (χ1n) is 13.5. The highest BCUT2D eigenvalue weighted by Crippen LogP contribution is 2.36. The van der Waals surface area contributed by atoms with Crippen LogP contribution in [0.5, 0.6) is 0 Å². The van der Waals surface area contributed by atoms with Crippen molar-refractivity contribution in [2.24, 2.45) is 0 Å². The fourth-order valence-electron chi connectivity index (χ4n) is 5.05. The molecule has 0 fully saturated rings. The summed E-state index contributed by atoms with van der Waals surface area (Å²) in [5.74, 6) is 0. The van der Waals surface area contributed by atoms with Crippen molar-refractivity contribution < 1.29 is 0 Å². The minimum atomic E-state index is 0.942. The third kappa shape index (κ3) is 5.36. The summed E-state index contributed by atoms with van der Waals surface area (Å²) in [4.78, 5) is 5.21. The van der Waals surface area contributed by atoms with Crippen LogP contribution in [0.4, 0.5) is 11.4 Å². The Kier molecular flexibility index (Phi) is 7.11. The maximum atomic E-state index is 5.21. The van der Waals surface area contributed by atoms with E-state index in [9.17, 15) is 0 Å². The van der Waals surface area contributed by atoms with Crippen molar-refractivity contribution in [3.8, 4) is 55.9 Å². The van der Waals surface area contributed by atoms with Gasteiger partial charge in [-0.2, -0.15) is 0 Å². The van der Waals surface area contributed by atoms with Crippen LogP contribution in [-0.2, 0) is 0 Å². The van der Waals surface area contributed by atoms with Gasteiger partial charge in [0.25, 0.3) is 0 Å². The molecule has 0 spiro atoms. The van der Waals surface area contributed by atoms with Crippen molar-refractivity contribution in [3.63, 3.8) is 0 Å². The summed E-state index contributed by atoms with van der Waals surface area (Å²) in [7, 11) is 3.91. The molecule has 0 unspecified atom stereocenters. The highest BCUT2D eigenvalue weighted by Gasteiger charge is 2.13. The summed E-state index contributed by atoms with van der Waals surface area (Å²) >= 11 is 0. The Morgan fingerprint density at radius 1 is 0.350 bits per heavy atom. The Morgan fingerprint density at radius 3 is 1.30 bits per heavy atom. The van der Waals surface area contributed by atoms with Crippen molar-refractivity contribution in [1.82, 2.24) is 4.98 Å². The van der Waals surface area contributed by atoms with Crippen LogP contribution in [0.1, 0.15) is 0 Å². The lowest BCUT2D eigenvalue weighted by Gasteiger charge is -2.14. The number of hydrogen-bond donors (Lipinski definition) is 2. The summed E-state index contributed by atoms with van der Waals surface area (Å²) in [5, 5.41) is 6.55. The predicted molar refractivity (Wildman–Crippen MR) is 171 cm³/mol. The Balaban J connectivity index is 1.58. The van der Waals surface area contributed by atoms with Crippen LogP contribution in [0.25, 0.3) is 55.9 Å². The lowest BCUT2D eigenvalue weighted by atomic mass is 9.93. The zero-order valence-corrected chi connectivity index (χ0v) is 22.7. The second-order valence-corrected chi connectivity index (χ2v) is 9.82. The number of rotatable bonds is 7. The van der Waals surface area contributed by atoms with Crippen molar-refractivity contribution >= 4 is 11.4 Å². The van der Waals surface area contributed by atoms with Crippen LogP contribution in [0.15, 0.2) is 140 Å². The van der Waals surface area contributed by atoms with Gasteiger partial charge in [-0.25, -0.2) is 4.98 Å². The second kappa shape index (κ2) is 11.3. The summed E-state index contributed by atoms with van der Waals surface area (Å²) in [5.41, 5.74) is 13.2. The molecule has 0 aliphatic heterocycles. The van der Waals surface area contributed by atoms with Crippen molar-refractivity contribution in [3.05, 3.63) is 140 Å². The first kappa shape index (κ1) is 25.1. The number of pyridine rings is 1. The molecule has 0 bridgehead atoms. The summed E-state index contributed by atoms with van der Waals surface area (Å²) in [6.07, 6.45) is 0. The minimum absolute atomic E-state index is 0.942. The van der Waals surface area contributed by atoms with E-state index >= 15 is 0 Å². The monoisotopic (exact) mass is 517 g/mol. The van der Waals surface area contributed by atoms with Crippen molar-refractivity contribution in [1.29, 1.82) is 0 Å². The van der Waals surface area contributed by atoms with Gasteiger partial charge in [-0.05, 0) is 88.0 Å². The van der Waals surface area contributed by atoms with E-state index < -0.39 is 0 Å². The molecule has 6 aromatic rings. The quantitative estimate of drug-likeness (QED) is 0.221. The molecular formula is C37H31N3. The van der Waals surface area contributed by atoms with Gasteiger partial charge in [0.15, 0.2) is 0 Å². The van der Waals surface area contributed by atoms with Gasteiger partial charge < -0.3 is 10.6 Å². The van der Waals surface area contributed by atoms with Crippen LogP contribution in [-0.4, -0.2) is 19.1 Å². The average molecular weight is 518 g/mol. The van der Waals surface area contributed by atoms with Crippen LogP contribution >= 0.6 is 0 Å². The predicted octanol–water partition coefficient (Wildman–Crippen LogP) is 9.50. The molecule has 194 valence electrons. The second-order valence-electron chi connectivity index (χ2n) is 9.82. The maximum Gasteiger partial charge on any atom is 0.0716 e. The molecule has 3 nitrogen and oxygen atoms in total. The third-order valence-electron chi connectivity index (χ3n) is 7.20. The molecule has 3 heteroatoms. The SMILES string of the molecule is CNc1cccc(-c2cc(-c3cccc(NC)c3)cc(-c3cc(-c4ccccc4)cc(-c4ccccc4)n3)c2)c1. The molecule has 40 heavy (non-hydrogen) atoms.